The number of rotatable bonds is 5. The molecule has 11 aromatic rings. The van der Waals surface area contributed by atoms with Crippen LogP contribution >= 0.6 is 0 Å². The van der Waals surface area contributed by atoms with Gasteiger partial charge in [-0.15, -0.1) is 0 Å². The largest absolute Gasteiger partial charge is 0.366 e. The lowest BCUT2D eigenvalue weighted by Gasteiger charge is -2.39. The molecule has 65 heavy (non-hydrogen) atoms. The van der Waals surface area contributed by atoms with E-state index in [0.29, 0.717) is 0 Å². The number of anilines is 2. The van der Waals surface area contributed by atoms with E-state index < -0.39 is 5.54 Å². The lowest BCUT2D eigenvalue weighted by Crippen LogP contribution is -2.40. The smallest absolute Gasteiger partial charge is 0.124 e. The highest BCUT2D eigenvalue weighted by Gasteiger charge is 2.60. The highest BCUT2D eigenvalue weighted by molar-refractivity contribution is 6.31. The van der Waals surface area contributed by atoms with E-state index in [1.165, 1.54) is 105 Å². The summed E-state index contributed by atoms with van der Waals surface area (Å²) >= 11 is 0. The second-order valence-electron chi connectivity index (χ2n) is 18.0. The monoisotopic (exact) mass is 828 g/mol. The van der Waals surface area contributed by atoms with Gasteiger partial charge in [-0.25, -0.2) is 0 Å². The summed E-state index contributed by atoms with van der Waals surface area (Å²) < 4.78 is 2.54. The first kappa shape index (κ1) is 35.3. The van der Waals surface area contributed by atoms with Crippen molar-refractivity contribution in [2.75, 3.05) is 4.90 Å². The third kappa shape index (κ3) is 4.54. The van der Waals surface area contributed by atoms with Crippen molar-refractivity contribution in [3.8, 4) is 27.9 Å². The van der Waals surface area contributed by atoms with Gasteiger partial charge in [0.05, 0.1) is 22.8 Å². The Labute approximate surface area is 376 Å². The Morgan fingerprint density at radius 3 is 2.08 bits per heavy atom. The lowest BCUT2D eigenvalue weighted by atomic mass is 9.83. The Kier molecular flexibility index (Phi) is 7.03. The van der Waals surface area contributed by atoms with Crippen molar-refractivity contribution in [3.63, 3.8) is 0 Å². The molecule has 4 nitrogen and oxygen atoms in total. The first-order valence-electron chi connectivity index (χ1n) is 22.8. The number of nitrogens with one attached hydrogen (secondary N) is 2. The van der Waals surface area contributed by atoms with Gasteiger partial charge in [0.15, 0.2) is 0 Å². The van der Waals surface area contributed by atoms with Crippen molar-refractivity contribution in [2.45, 2.75) is 17.7 Å². The molecule has 2 aliphatic heterocycles. The Hall–Kier alpha value is -8.18. The van der Waals surface area contributed by atoms with Crippen molar-refractivity contribution < 1.29 is 0 Å². The van der Waals surface area contributed by atoms with Crippen molar-refractivity contribution in [2.24, 2.45) is 0 Å². The average molecular weight is 829 g/mol. The summed E-state index contributed by atoms with van der Waals surface area (Å²) in [5.41, 5.74) is 19.6. The van der Waals surface area contributed by atoms with Crippen LogP contribution < -0.4 is 15.5 Å². The summed E-state index contributed by atoms with van der Waals surface area (Å²) in [5, 5.41) is 15.7. The van der Waals surface area contributed by atoms with Gasteiger partial charge in [0.25, 0.3) is 0 Å². The minimum atomic E-state index is -0.585. The molecule has 0 amide bonds. The lowest BCUT2D eigenvalue weighted by molar-refractivity contribution is 0.444. The summed E-state index contributed by atoms with van der Waals surface area (Å²) in [5.74, 6) is 0. The third-order valence-corrected chi connectivity index (χ3v) is 14.9. The van der Waals surface area contributed by atoms with E-state index in [1.54, 1.807) is 0 Å². The zero-order chi connectivity index (χ0) is 42.4. The topological polar surface area (TPSA) is 32.2 Å². The zero-order valence-electron chi connectivity index (χ0n) is 35.3. The van der Waals surface area contributed by atoms with Gasteiger partial charge in [0.1, 0.15) is 11.7 Å². The maximum atomic E-state index is 3.98. The number of nitrogens with zero attached hydrogens (tertiary/aromatic N) is 2. The Balaban J connectivity index is 1.01. The number of benzene rings is 10. The maximum absolute atomic E-state index is 3.98. The van der Waals surface area contributed by atoms with Crippen LogP contribution in [0.15, 0.2) is 218 Å². The number of fused-ring (bicyclic) bond motifs is 9. The van der Waals surface area contributed by atoms with Crippen molar-refractivity contribution in [1.82, 2.24) is 15.2 Å². The molecular formula is C61H40N4. The Morgan fingerprint density at radius 2 is 1.17 bits per heavy atom. The molecule has 0 fully saturated rings. The molecule has 3 unspecified atom stereocenters. The first-order chi connectivity index (χ1) is 32.3. The van der Waals surface area contributed by atoms with Gasteiger partial charge in [-0.05, 0) is 97.6 Å². The number of hydrogen-bond acceptors (Lipinski definition) is 3. The molecule has 3 atom stereocenters. The van der Waals surface area contributed by atoms with Gasteiger partial charge in [0.2, 0.25) is 0 Å². The summed E-state index contributed by atoms with van der Waals surface area (Å²) in [6.07, 6.45) is 2.29. The van der Waals surface area contributed by atoms with Gasteiger partial charge in [-0.1, -0.05) is 176 Å². The molecule has 4 heteroatoms. The number of aromatic nitrogens is 1. The first-order valence-corrected chi connectivity index (χ1v) is 22.8. The standard InChI is InChI=1S/C61H40N4/c1-3-18-38(19-4-1)60-62-50(36-51(63-60)44-28-14-20-37-17-7-8-25-42(37)44)39-21-13-24-41(35-39)65-53-34-16-30-47-54-46-27-10-12-33-52(46)64(40-22-5-2-6-23-40)59(54)56-48-31-15-29-45-43-26-9-11-32-49(43)61(65,57(45)48)58(56)55(47)53/h1-36,51,60,62-63H. The summed E-state index contributed by atoms with van der Waals surface area (Å²) in [4.78, 5) is 2.71. The number of hydrogen-bond donors (Lipinski definition) is 2. The van der Waals surface area contributed by atoms with Crippen molar-refractivity contribution in [1.29, 1.82) is 0 Å². The molecule has 15 rings (SSSR count). The van der Waals surface area contributed by atoms with Gasteiger partial charge >= 0.3 is 0 Å². The highest BCUT2D eigenvalue weighted by atomic mass is 15.2. The minimum Gasteiger partial charge on any atom is -0.366 e. The van der Waals surface area contributed by atoms with Crippen LogP contribution in [0.4, 0.5) is 11.4 Å². The van der Waals surface area contributed by atoms with E-state index in [2.05, 4.69) is 238 Å². The fourth-order valence-electron chi connectivity index (χ4n) is 12.5. The summed E-state index contributed by atoms with van der Waals surface area (Å²) in [6, 6.07) is 78.7. The summed E-state index contributed by atoms with van der Waals surface area (Å²) in [6.45, 7) is 0. The second kappa shape index (κ2) is 12.9. The molecule has 3 heterocycles. The molecule has 4 aliphatic rings. The van der Waals surface area contributed by atoms with E-state index in [0.717, 1.165) is 16.9 Å². The average Bonchev–Trinajstić information content (AvgIpc) is 4.08. The normalized spacial score (nSPS) is 18.6. The van der Waals surface area contributed by atoms with E-state index in [1.807, 2.05) is 0 Å². The predicted molar refractivity (Wildman–Crippen MR) is 268 cm³/mol. The Morgan fingerprint density at radius 1 is 0.492 bits per heavy atom. The van der Waals surface area contributed by atoms with Gasteiger partial charge in [0, 0.05) is 49.9 Å². The van der Waals surface area contributed by atoms with Gasteiger partial charge < -0.3 is 14.8 Å². The highest BCUT2D eigenvalue weighted by Crippen LogP contribution is 2.71. The van der Waals surface area contributed by atoms with E-state index in [-0.39, 0.29) is 12.2 Å². The van der Waals surface area contributed by atoms with E-state index in [9.17, 15) is 0 Å². The predicted octanol–water partition coefficient (Wildman–Crippen LogP) is 14.5. The molecule has 1 spiro atoms. The molecular weight excluding hydrogens is 789 g/mol. The fraction of sp³-hybridized carbons (Fsp3) is 0.0492. The molecule has 0 radical (unpaired) electrons. The molecule has 304 valence electrons. The molecule has 0 saturated carbocycles. The van der Waals surface area contributed by atoms with Crippen molar-refractivity contribution in [3.05, 3.63) is 252 Å². The van der Waals surface area contributed by atoms with Gasteiger partial charge in [-0.3, -0.25) is 5.32 Å². The maximum Gasteiger partial charge on any atom is 0.124 e. The molecule has 0 saturated heterocycles. The van der Waals surface area contributed by atoms with Crippen LogP contribution in [0, 0.1) is 0 Å². The molecule has 1 aromatic heterocycles. The van der Waals surface area contributed by atoms with Crippen molar-refractivity contribution >= 4 is 60.4 Å². The third-order valence-electron chi connectivity index (χ3n) is 14.9. The SMILES string of the molecule is C1=C(c2cccc(N3c4cccc5c4c4c(c6c5c5ccccc5n6-c5ccccc5)-c5cccc6c5C43c3ccccc3-6)c2)NC(c2ccccc2)NC1c1cccc2ccccc12. The fourth-order valence-corrected chi connectivity index (χ4v) is 12.5. The Bertz CT molecular complexity index is 3860. The zero-order valence-corrected chi connectivity index (χ0v) is 35.3. The van der Waals surface area contributed by atoms with Crippen LogP contribution in [0.3, 0.4) is 0 Å². The molecule has 2 N–H and O–H groups in total. The summed E-state index contributed by atoms with van der Waals surface area (Å²) in [7, 11) is 0. The molecule has 10 aromatic carbocycles. The van der Waals surface area contributed by atoms with E-state index in [4.69, 9.17) is 0 Å². The molecule has 0 bridgehead atoms. The van der Waals surface area contributed by atoms with Crippen LogP contribution in [0.1, 0.15) is 45.6 Å². The van der Waals surface area contributed by atoms with Crippen LogP contribution in [0.2, 0.25) is 0 Å². The van der Waals surface area contributed by atoms with Crippen LogP contribution in [-0.2, 0) is 5.54 Å². The number of para-hydroxylation sites is 2. The van der Waals surface area contributed by atoms with Crippen LogP contribution in [-0.4, -0.2) is 4.57 Å². The molecule has 2 aliphatic carbocycles. The van der Waals surface area contributed by atoms with Crippen LogP contribution in [0.5, 0.6) is 0 Å². The van der Waals surface area contributed by atoms with Gasteiger partial charge in [-0.2, -0.15) is 0 Å². The van der Waals surface area contributed by atoms with Crippen LogP contribution in [0.25, 0.3) is 77.0 Å². The minimum absolute atomic E-state index is 0.0269. The van der Waals surface area contributed by atoms with E-state index >= 15 is 0 Å². The second-order valence-corrected chi connectivity index (χ2v) is 18.0. The quantitative estimate of drug-likeness (QED) is 0.181.